The van der Waals surface area contributed by atoms with Gasteiger partial charge in [-0.15, -0.1) is 0 Å². The molecule has 0 saturated carbocycles. The molecule has 1 aromatic carbocycles. The van der Waals surface area contributed by atoms with Crippen LogP contribution >= 0.6 is 15.9 Å². The van der Waals surface area contributed by atoms with Crippen molar-refractivity contribution < 1.29 is 0 Å². The lowest BCUT2D eigenvalue weighted by atomic mass is 10.1. The normalized spacial score (nSPS) is 11.1. The molecule has 0 aliphatic heterocycles. The molecule has 0 amide bonds. The second-order valence-electron chi connectivity index (χ2n) is 4.70. The molecule has 2 heterocycles. The van der Waals surface area contributed by atoms with Crippen LogP contribution in [0.25, 0.3) is 22.4 Å². The standard InChI is InChI=1S/C15H15BrN4/c1-2-3-7-20-10-19-14-13(17-9-18-15(14)20)11-5-4-6-12(16)8-11/h4-6,8-10H,2-3,7H2,1H3. The maximum Gasteiger partial charge on any atom is 0.163 e. The molecule has 0 unspecified atom stereocenters. The number of aromatic nitrogens is 4. The third-order valence-corrected chi connectivity index (χ3v) is 3.75. The zero-order chi connectivity index (χ0) is 13.9. The zero-order valence-electron chi connectivity index (χ0n) is 11.3. The summed E-state index contributed by atoms with van der Waals surface area (Å²) in [5.74, 6) is 0. The number of hydrogen-bond donors (Lipinski definition) is 0. The number of rotatable bonds is 4. The van der Waals surface area contributed by atoms with Gasteiger partial charge in [-0.05, 0) is 18.6 Å². The SMILES string of the molecule is CCCCn1cnc2c(-c3cccc(Br)c3)ncnc21. The summed E-state index contributed by atoms with van der Waals surface area (Å²) in [6, 6.07) is 8.09. The number of nitrogens with zero attached hydrogens (tertiary/aromatic N) is 4. The Morgan fingerprint density at radius 3 is 2.90 bits per heavy atom. The molecule has 0 atom stereocenters. The van der Waals surface area contributed by atoms with Crippen molar-refractivity contribution in [3.8, 4) is 11.3 Å². The van der Waals surface area contributed by atoms with E-state index in [9.17, 15) is 0 Å². The molecule has 102 valence electrons. The number of halogens is 1. The molecule has 20 heavy (non-hydrogen) atoms. The fourth-order valence-electron chi connectivity index (χ4n) is 2.22. The predicted molar refractivity (Wildman–Crippen MR) is 83.4 cm³/mol. The van der Waals surface area contributed by atoms with Gasteiger partial charge in [0.25, 0.3) is 0 Å². The molecule has 2 aromatic heterocycles. The van der Waals surface area contributed by atoms with Crippen LogP contribution in [-0.2, 0) is 6.54 Å². The summed E-state index contributed by atoms with van der Waals surface area (Å²) in [6.07, 6.45) is 5.75. The summed E-state index contributed by atoms with van der Waals surface area (Å²) in [5, 5.41) is 0. The fraction of sp³-hybridized carbons (Fsp3) is 0.267. The van der Waals surface area contributed by atoms with Gasteiger partial charge in [0.2, 0.25) is 0 Å². The van der Waals surface area contributed by atoms with Crippen LogP contribution in [0.3, 0.4) is 0 Å². The summed E-state index contributed by atoms with van der Waals surface area (Å²) in [4.78, 5) is 13.3. The Morgan fingerprint density at radius 1 is 1.20 bits per heavy atom. The van der Waals surface area contributed by atoms with Gasteiger partial charge in [-0.2, -0.15) is 0 Å². The lowest BCUT2D eigenvalue weighted by Crippen LogP contribution is -1.98. The number of aryl methyl sites for hydroxylation is 1. The monoisotopic (exact) mass is 330 g/mol. The Morgan fingerprint density at radius 2 is 2.10 bits per heavy atom. The van der Waals surface area contributed by atoms with Gasteiger partial charge in [0, 0.05) is 16.6 Å². The van der Waals surface area contributed by atoms with Crippen molar-refractivity contribution in [1.82, 2.24) is 19.5 Å². The molecule has 5 heteroatoms. The summed E-state index contributed by atoms with van der Waals surface area (Å²) >= 11 is 3.49. The van der Waals surface area contributed by atoms with Crippen molar-refractivity contribution >= 4 is 27.1 Å². The molecule has 0 aliphatic carbocycles. The minimum Gasteiger partial charge on any atom is -0.315 e. The van der Waals surface area contributed by atoms with E-state index < -0.39 is 0 Å². The van der Waals surface area contributed by atoms with Crippen molar-refractivity contribution in [1.29, 1.82) is 0 Å². The first-order chi connectivity index (χ1) is 9.79. The van der Waals surface area contributed by atoms with Crippen molar-refractivity contribution in [2.75, 3.05) is 0 Å². The Balaban J connectivity index is 2.10. The van der Waals surface area contributed by atoms with E-state index in [1.807, 2.05) is 30.6 Å². The van der Waals surface area contributed by atoms with E-state index in [0.29, 0.717) is 0 Å². The quantitative estimate of drug-likeness (QED) is 0.724. The average molecular weight is 331 g/mol. The van der Waals surface area contributed by atoms with Crippen LogP contribution in [0.5, 0.6) is 0 Å². The van der Waals surface area contributed by atoms with E-state index in [1.165, 1.54) is 0 Å². The number of benzene rings is 1. The lowest BCUT2D eigenvalue weighted by Gasteiger charge is -2.04. The molecule has 0 radical (unpaired) electrons. The van der Waals surface area contributed by atoms with Gasteiger partial charge in [-0.1, -0.05) is 41.4 Å². The van der Waals surface area contributed by atoms with Crippen LogP contribution in [0.2, 0.25) is 0 Å². The maximum absolute atomic E-state index is 4.50. The molecule has 0 bridgehead atoms. The largest absolute Gasteiger partial charge is 0.315 e. The smallest absolute Gasteiger partial charge is 0.163 e. The summed E-state index contributed by atoms with van der Waals surface area (Å²) in [7, 11) is 0. The van der Waals surface area contributed by atoms with Crippen LogP contribution in [-0.4, -0.2) is 19.5 Å². The van der Waals surface area contributed by atoms with E-state index in [1.54, 1.807) is 6.33 Å². The van der Waals surface area contributed by atoms with Crippen LogP contribution in [0.4, 0.5) is 0 Å². The van der Waals surface area contributed by atoms with E-state index in [4.69, 9.17) is 0 Å². The highest BCUT2D eigenvalue weighted by Gasteiger charge is 2.11. The third kappa shape index (κ3) is 2.45. The number of unbranched alkanes of at least 4 members (excludes halogenated alkanes) is 1. The average Bonchev–Trinajstić information content (AvgIpc) is 2.88. The highest BCUT2D eigenvalue weighted by Crippen LogP contribution is 2.26. The molecule has 0 spiro atoms. The summed E-state index contributed by atoms with van der Waals surface area (Å²) < 4.78 is 3.13. The van der Waals surface area contributed by atoms with Gasteiger partial charge in [0.15, 0.2) is 5.65 Å². The van der Waals surface area contributed by atoms with Crippen molar-refractivity contribution in [2.24, 2.45) is 0 Å². The molecular formula is C15H15BrN4. The summed E-state index contributed by atoms with van der Waals surface area (Å²) in [6.45, 7) is 3.13. The molecule has 0 fully saturated rings. The zero-order valence-corrected chi connectivity index (χ0v) is 12.8. The number of hydrogen-bond acceptors (Lipinski definition) is 3. The van der Waals surface area contributed by atoms with Gasteiger partial charge >= 0.3 is 0 Å². The Labute approximate surface area is 126 Å². The van der Waals surface area contributed by atoms with Crippen LogP contribution in [0, 0.1) is 0 Å². The van der Waals surface area contributed by atoms with Crippen molar-refractivity contribution in [3.63, 3.8) is 0 Å². The highest BCUT2D eigenvalue weighted by atomic mass is 79.9. The molecule has 3 rings (SSSR count). The van der Waals surface area contributed by atoms with E-state index in [-0.39, 0.29) is 0 Å². The minimum absolute atomic E-state index is 0.863. The molecule has 4 nitrogen and oxygen atoms in total. The van der Waals surface area contributed by atoms with Crippen LogP contribution < -0.4 is 0 Å². The Hall–Kier alpha value is -1.75. The van der Waals surface area contributed by atoms with E-state index in [0.717, 1.165) is 46.3 Å². The second-order valence-corrected chi connectivity index (χ2v) is 5.61. The Kier molecular flexibility index (Phi) is 3.78. The van der Waals surface area contributed by atoms with Gasteiger partial charge < -0.3 is 4.57 Å². The van der Waals surface area contributed by atoms with Gasteiger partial charge in [0.05, 0.1) is 6.33 Å². The van der Waals surface area contributed by atoms with Crippen molar-refractivity contribution in [2.45, 2.75) is 26.3 Å². The maximum atomic E-state index is 4.50. The minimum atomic E-state index is 0.863. The van der Waals surface area contributed by atoms with Crippen LogP contribution in [0.15, 0.2) is 41.4 Å². The van der Waals surface area contributed by atoms with Crippen molar-refractivity contribution in [3.05, 3.63) is 41.4 Å². The third-order valence-electron chi connectivity index (χ3n) is 3.25. The van der Waals surface area contributed by atoms with Gasteiger partial charge in [-0.3, -0.25) is 0 Å². The van der Waals surface area contributed by atoms with Crippen LogP contribution in [0.1, 0.15) is 19.8 Å². The second kappa shape index (κ2) is 5.71. The number of imidazole rings is 1. The Bertz CT molecular complexity index is 736. The lowest BCUT2D eigenvalue weighted by molar-refractivity contribution is 0.641. The highest BCUT2D eigenvalue weighted by molar-refractivity contribution is 9.10. The first kappa shape index (κ1) is 13.2. The van der Waals surface area contributed by atoms with E-state index >= 15 is 0 Å². The van der Waals surface area contributed by atoms with E-state index in [2.05, 4.69) is 42.4 Å². The molecule has 0 N–H and O–H groups in total. The van der Waals surface area contributed by atoms with Gasteiger partial charge in [-0.25, -0.2) is 15.0 Å². The predicted octanol–water partition coefficient (Wildman–Crippen LogP) is 4.06. The molecule has 0 aliphatic rings. The topological polar surface area (TPSA) is 43.6 Å². The van der Waals surface area contributed by atoms with Gasteiger partial charge in [0.1, 0.15) is 17.5 Å². The first-order valence-corrected chi connectivity index (χ1v) is 7.50. The summed E-state index contributed by atoms with van der Waals surface area (Å²) in [5.41, 5.74) is 3.70. The first-order valence-electron chi connectivity index (χ1n) is 6.71. The number of fused-ring (bicyclic) bond motifs is 1. The fourth-order valence-corrected chi connectivity index (χ4v) is 2.62. The molecule has 3 aromatic rings. The molecule has 0 saturated heterocycles. The molecular weight excluding hydrogens is 316 g/mol.